The summed E-state index contributed by atoms with van der Waals surface area (Å²) in [5, 5.41) is 14.2. The predicted octanol–water partition coefficient (Wildman–Crippen LogP) is 5.60. The molecule has 0 aliphatic rings. The Morgan fingerprint density at radius 2 is 1.82 bits per heavy atom. The first kappa shape index (κ1) is 26.9. The van der Waals surface area contributed by atoms with E-state index in [-0.39, 0.29) is 17.4 Å². The third kappa shape index (κ3) is 5.27. The first-order valence-corrected chi connectivity index (χ1v) is 13.6. The van der Waals surface area contributed by atoms with Gasteiger partial charge in [-0.25, -0.2) is 9.89 Å². The molecule has 204 valence electrons. The summed E-state index contributed by atoms with van der Waals surface area (Å²) in [5.74, 6) is 0.658. The van der Waals surface area contributed by atoms with Gasteiger partial charge < -0.3 is 0 Å². The molecule has 0 amide bonds. The minimum absolute atomic E-state index is 0.0616. The predicted molar refractivity (Wildman–Crippen MR) is 155 cm³/mol. The van der Waals surface area contributed by atoms with Crippen LogP contribution in [-0.4, -0.2) is 40.5 Å². The molecule has 0 radical (unpaired) electrons. The molecule has 0 fully saturated rings. The molecule has 0 aliphatic heterocycles. The van der Waals surface area contributed by atoms with Gasteiger partial charge in [0.05, 0.1) is 17.9 Å². The van der Waals surface area contributed by atoms with E-state index in [1.54, 1.807) is 23.8 Å². The van der Waals surface area contributed by atoms with Crippen LogP contribution in [0.3, 0.4) is 0 Å². The van der Waals surface area contributed by atoms with Gasteiger partial charge in [-0.15, -0.1) is 5.10 Å². The summed E-state index contributed by atoms with van der Waals surface area (Å²) in [6, 6.07) is 17.4. The van der Waals surface area contributed by atoms with Crippen molar-refractivity contribution in [2.24, 2.45) is 0 Å². The molecule has 0 atom stereocenters. The zero-order chi connectivity index (χ0) is 28.2. The SMILES string of the molecule is CCCCc1cn(-c2c(C(C)=O)cccc2C(C)C)c(=O)n1Cc1ccc(-c2ccccc2-c2nnn[nH]2)nc1. The lowest BCUT2D eigenvalue weighted by Gasteiger charge is -2.16. The number of nitrogens with one attached hydrogen (secondary N) is 1. The lowest BCUT2D eigenvalue weighted by Crippen LogP contribution is -2.26. The maximum absolute atomic E-state index is 13.9. The van der Waals surface area contributed by atoms with Gasteiger partial charge in [0.15, 0.2) is 11.6 Å². The highest BCUT2D eigenvalue weighted by molar-refractivity contribution is 5.98. The fourth-order valence-corrected chi connectivity index (χ4v) is 5.04. The number of rotatable bonds is 10. The number of Topliss-reactive ketones (excluding diaryl/α,β-unsaturated/α-hetero) is 1. The molecule has 2 aromatic carbocycles. The van der Waals surface area contributed by atoms with Crippen molar-refractivity contribution in [3.05, 3.63) is 99.9 Å². The molecule has 5 aromatic rings. The molecule has 3 aromatic heterocycles. The van der Waals surface area contributed by atoms with Crippen LogP contribution in [0.1, 0.15) is 73.6 Å². The van der Waals surface area contributed by atoms with Crippen LogP contribution in [-0.2, 0) is 13.0 Å². The van der Waals surface area contributed by atoms with Gasteiger partial charge in [0.2, 0.25) is 0 Å². The Bertz CT molecular complexity index is 1680. The van der Waals surface area contributed by atoms with Crippen molar-refractivity contribution in [1.29, 1.82) is 0 Å². The quantitative estimate of drug-likeness (QED) is 0.233. The van der Waals surface area contributed by atoms with E-state index >= 15 is 0 Å². The van der Waals surface area contributed by atoms with Crippen molar-refractivity contribution in [2.45, 2.75) is 59.4 Å². The molecule has 0 aliphatic carbocycles. The van der Waals surface area contributed by atoms with Gasteiger partial charge in [-0.2, -0.15) is 0 Å². The minimum Gasteiger partial charge on any atom is -0.294 e. The van der Waals surface area contributed by atoms with Crippen LogP contribution in [0, 0.1) is 0 Å². The van der Waals surface area contributed by atoms with Crippen molar-refractivity contribution >= 4 is 5.78 Å². The number of pyridine rings is 1. The van der Waals surface area contributed by atoms with Crippen LogP contribution in [0.5, 0.6) is 0 Å². The second-order valence-electron chi connectivity index (χ2n) is 10.3. The number of carbonyl (C=O) groups is 1. The number of ketones is 1. The Hall–Kier alpha value is -4.66. The summed E-state index contributed by atoms with van der Waals surface area (Å²) in [4.78, 5) is 31.3. The van der Waals surface area contributed by atoms with Gasteiger partial charge in [0.25, 0.3) is 0 Å². The van der Waals surface area contributed by atoms with Crippen LogP contribution in [0.15, 0.2) is 71.8 Å². The molecule has 0 saturated carbocycles. The topological polar surface area (TPSA) is 111 Å². The second kappa shape index (κ2) is 11.6. The van der Waals surface area contributed by atoms with Gasteiger partial charge >= 0.3 is 5.69 Å². The lowest BCUT2D eigenvalue weighted by atomic mass is 9.96. The van der Waals surface area contributed by atoms with Crippen LogP contribution in [0.25, 0.3) is 28.3 Å². The summed E-state index contributed by atoms with van der Waals surface area (Å²) in [6.07, 6.45) is 6.45. The van der Waals surface area contributed by atoms with E-state index in [0.29, 0.717) is 23.6 Å². The van der Waals surface area contributed by atoms with Crippen molar-refractivity contribution in [3.63, 3.8) is 0 Å². The number of hydrogen-bond donors (Lipinski definition) is 1. The maximum Gasteiger partial charge on any atom is 0.333 e. The molecule has 0 spiro atoms. The number of carbonyl (C=O) groups excluding carboxylic acids is 1. The first-order valence-electron chi connectivity index (χ1n) is 13.6. The first-order chi connectivity index (χ1) is 19.4. The molecule has 0 unspecified atom stereocenters. The van der Waals surface area contributed by atoms with E-state index in [1.165, 1.54) is 0 Å². The summed E-state index contributed by atoms with van der Waals surface area (Å²) >= 11 is 0. The number of aromatic amines is 1. The van der Waals surface area contributed by atoms with Crippen LogP contribution in [0.2, 0.25) is 0 Å². The third-order valence-electron chi connectivity index (χ3n) is 7.13. The molecule has 9 nitrogen and oxygen atoms in total. The Balaban J connectivity index is 1.54. The summed E-state index contributed by atoms with van der Waals surface area (Å²) in [5.41, 5.74) is 6.43. The normalized spacial score (nSPS) is 11.3. The Kier molecular flexibility index (Phi) is 7.82. The number of nitrogens with zero attached hydrogens (tertiary/aromatic N) is 6. The molecular weight excluding hydrogens is 502 g/mol. The molecular formula is C31H33N7O2. The molecule has 0 saturated heterocycles. The van der Waals surface area contributed by atoms with Gasteiger partial charge in [0.1, 0.15) is 0 Å². The number of para-hydroxylation sites is 1. The number of aryl methyl sites for hydroxylation is 1. The number of aromatic nitrogens is 7. The molecule has 3 heterocycles. The average molecular weight is 536 g/mol. The van der Waals surface area contributed by atoms with E-state index in [9.17, 15) is 9.59 Å². The summed E-state index contributed by atoms with van der Waals surface area (Å²) in [6.45, 7) is 8.22. The van der Waals surface area contributed by atoms with Crippen molar-refractivity contribution in [1.82, 2.24) is 34.7 Å². The third-order valence-corrected chi connectivity index (χ3v) is 7.13. The summed E-state index contributed by atoms with van der Waals surface area (Å²) < 4.78 is 3.47. The number of tetrazole rings is 1. The van der Waals surface area contributed by atoms with Gasteiger partial charge in [-0.3, -0.25) is 18.9 Å². The van der Waals surface area contributed by atoms with Crippen LogP contribution < -0.4 is 5.69 Å². The Morgan fingerprint density at radius 3 is 2.48 bits per heavy atom. The standard InChI is InChI=1S/C31H33N7O2/c1-5-6-10-23-19-38(29-24(20(2)3)13-9-14-25(29)21(4)39)31(40)37(23)18-22-15-16-28(32-17-22)26-11-7-8-12-27(26)30-33-35-36-34-30/h7-9,11-17,19-20H,5-6,10,18H2,1-4H3,(H,33,34,35,36). The summed E-state index contributed by atoms with van der Waals surface area (Å²) in [7, 11) is 0. The van der Waals surface area contributed by atoms with Crippen LogP contribution in [0.4, 0.5) is 0 Å². The fraction of sp³-hybridized carbons (Fsp3) is 0.290. The van der Waals surface area contributed by atoms with Crippen LogP contribution >= 0.6 is 0 Å². The molecule has 1 N–H and O–H groups in total. The largest absolute Gasteiger partial charge is 0.333 e. The van der Waals surface area contributed by atoms with E-state index in [4.69, 9.17) is 4.98 Å². The average Bonchev–Trinajstić information content (AvgIpc) is 3.61. The van der Waals surface area contributed by atoms with E-state index in [2.05, 4.69) is 41.4 Å². The van der Waals surface area contributed by atoms with Gasteiger partial charge in [-0.05, 0) is 59.4 Å². The highest BCUT2D eigenvalue weighted by atomic mass is 16.2. The molecule has 0 bridgehead atoms. The fourth-order valence-electron chi connectivity index (χ4n) is 5.04. The lowest BCUT2D eigenvalue weighted by molar-refractivity contribution is 0.101. The number of hydrogen-bond acceptors (Lipinski definition) is 6. The van der Waals surface area contributed by atoms with Gasteiger partial charge in [-0.1, -0.05) is 69.7 Å². The zero-order valence-corrected chi connectivity index (χ0v) is 23.3. The van der Waals surface area contributed by atoms with E-state index < -0.39 is 0 Å². The Morgan fingerprint density at radius 1 is 1.02 bits per heavy atom. The second-order valence-corrected chi connectivity index (χ2v) is 10.3. The highest BCUT2D eigenvalue weighted by Gasteiger charge is 2.21. The minimum atomic E-state index is -0.158. The highest BCUT2D eigenvalue weighted by Crippen LogP contribution is 2.29. The monoisotopic (exact) mass is 535 g/mol. The van der Waals surface area contributed by atoms with Gasteiger partial charge in [0, 0.05) is 34.8 Å². The Labute approximate surface area is 232 Å². The van der Waals surface area contributed by atoms with Crippen molar-refractivity contribution in [3.8, 4) is 28.3 Å². The number of benzene rings is 2. The number of H-pyrrole nitrogens is 1. The van der Waals surface area contributed by atoms with E-state index in [1.807, 2.05) is 59.3 Å². The number of imidazole rings is 1. The molecule has 9 heteroatoms. The zero-order valence-electron chi connectivity index (χ0n) is 23.3. The molecule has 40 heavy (non-hydrogen) atoms. The van der Waals surface area contributed by atoms with Crippen molar-refractivity contribution < 1.29 is 4.79 Å². The maximum atomic E-state index is 13.9. The smallest absolute Gasteiger partial charge is 0.294 e. The molecule has 5 rings (SSSR count). The van der Waals surface area contributed by atoms with E-state index in [0.717, 1.165) is 52.9 Å². The van der Waals surface area contributed by atoms with Crippen molar-refractivity contribution in [2.75, 3.05) is 0 Å². The number of unbranched alkanes of at least 4 members (excludes halogenated alkanes) is 1.